The average Bonchev–Trinajstić information content (AvgIpc) is 2.45. The van der Waals surface area contributed by atoms with E-state index in [-0.39, 0.29) is 22.5 Å². The monoisotopic (exact) mass is 246 g/mol. The molecule has 0 radical (unpaired) electrons. The van der Waals surface area contributed by atoms with Crippen LogP contribution in [0.15, 0.2) is 11.1 Å². The molecule has 16 heavy (non-hydrogen) atoms. The zero-order valence-electron chi connectivity index (χ0n) is 9.26. The van der Waals surface area contributed by atoms with E-state index in [0.29, 0.717) is 0 Å². The number of anilines is 1. The van der Waals surface area contributed by atoms with Gasteiger partial charge in [0, 0.05) is 19.2 Å². The Balaban J connectivity index is 3.10. The molecule has 1 heterocycles. The van der Waals surface area contributed by atoms with Crippen LogP contribution in [0.4, 0.5) is 5.82 Å². The number of carbonyl (C=O) groups excluding carboxylic acids is 1. The van der Waals surface area contributed by atoms with E-state index >= 15 is 0 Å². The van der Waals surface area contributed by atoms with Gasteiger partial charge in [-0.25, -0.2) is 13.6 Å². The molecule has 0 aliphatic rings. The predicted molar refractivity (Wildman–Crippen MR) is 58.0 cm³/mol. The zero-order valence-corrected chi connectivity index (χ0v) is 10.1. The lowest BCUT2D eigenvalue weighted by Gasteiger charge is -2.05. The number of nitrogens with two attached hydrogens (primary N) is 1. The number of carbonyl (C=O) groups is 1. The number of hydrogen-bond acceptors (Lipinski definition) is 4. The molecule has 0 unspecified atom stereocenters. The van der Waals surface area contributed by atoms with Gasteiger partial charge in [0.1, 0.15) is 4.90 Å². The van der Waals surface area contributed by atoms with Crippen LogP contribution in [0.5, 0.6) is 0 Å². The van der Waals surface area contributed by atoms with Gasteiger partial charge in [-0.2, -0.15) is 5.10 Å². The third-order valence-electron chi connectivity index (χ3n) is 1.87. The first-order chi connectivity index (χ1) is 7.21. The van der Waals surface area contributed by atoms with Crippen molar-refractivity contribution in [1.29, 1.82) is 0 Å². The normalized spacial score (nSPS) is 11.8. The lowest BCUT2D eigenvalue weighted by atomic mass is 10.2. The van der Waals surface area contributed by atoms with Crippen LogP contribution in [-0.2, 0) is 21.9 Å². The first kappa shape index (κ1) is 12.7. The third-order valence-corrected chi connectivity index (χ3v) is 2.78. The van der Waals surface area contributed by atoms with E-state index in [2.05, 4.69) is 10.4 Å². The molecule has 90 valence electrons. The Morgan fingerprint density at radius 3 is 2.56 bits per heavy atom. The molecule has 1 aromatic heterocycles. The lowest BCUT2D eigenvalue weighted by Crippen LogP contribution is -2.21. The summed E-state index contributed by atoms with van der Waals surface area (Å²) in [6.07, 6.45) is 1.24. The molecule has 0 aromatic carbocycles. The number of rotatable bonds is 3. The van der Waals surface area contributed by atoms with E-state index in [4.69, 9.17) is 5.14 Å². The standard InChI is InChI=1S/C8H14N4O3S/c1-5(2)8(13)10-7-6(16(9,14)15)4-12(3)11-7/h4-5H,1-3H3,(H2,9,14,15)(H,10,11,13). The number of amides is 1. The quantitative estimate of drug-likeness (QED) is 0.760. The second-order valence-corrected chi connectivity index (χ2v) is 5.23. The number of aromatic nitrogens is 2. The molecule has 1 amide bonds. The van der Waals surface area contributed by atoms with Crippen LogP contribution in [0.3, 0.4) is 0 Å². The van der Waals surface area contributed by atoms with Crippen molar-refractivity contribution in [3.63, 3.8) is 0 Å². The topological polar surface area (TPSA) is 107 Å². The largest absolute Gasteiger partial charge is 0.308 e. The highest BCUT2D eigenvalue weighted by molar-refractivity contribution is 7.89. The first-order valence-corrected chi connectivity index (χ1v) is 6.13. The first-order valence-electron chi connectivity index (χ1n) is 4.59. The van der Waals surface area contributed by atoms with Gasteiger partial charge in [0.15, 0.2) is 5.82 Å². The van der Waals surface area contributed by atoms with Crippen molar-refractivity contribution in [2.24, 2.45) is 18.1 Å². The van der Waals surface area contributed by atoms with Crippen LogP contribution in [0.25, 0.3) is 0 Å². The third kappa shape index (κ3) is 2.80. The molecular weight excluding hydrogens is 232 g/mol. The summed E-state index contributed by atoms with van der Waals surface area (Å²) in [5, 5.41) is 11.2. The molecule has 3 N–H and O–H groups in total. The summed E-state index contributed by atoms with van der Waals surface area (Å²) < 4.78 is 23.7. The van der Waals surface area contributed by atoms with Crippen LogP contribution >= 0.6 is 0 Å². The molecule has 0 fully saturated rings. The number of nitrogens with one attached hydrogen (secondary N) is 1. The fraction of sp³-hybridized carbons (Fsp3) is 0.500. The van der Waals surface area contributed by atoms with Crippen molar-refractivity contribution in [3.8, 4) is 0 Å². The summed E-state index contributed by atoms with van der Waals surface area (Å²) in [6, 6.07) is 0. The van der Waals surface area contributed by atoms with Gasteiger partial charge in [0.2, 0.25) is 15.9 Å². The van der Waals surface area contributed by atoms with Crippen LogP contribution in [0.1, 0.15) is 13.8 Å². The van der Waals surface area contributed by atoms with Gasteiger partial charge in [-0.15, -0.1) is 0 Å². The van der Waals surface area contributed by atoms with Crippen molar-refractivity contribution < 1.29 is 13.2 Å². The van der Waals surface area contributed by atoms with Gasteiger partial charge < -0.3 is 5.32 Å². The maximum absolute atomic E-state index is 11.4. The fourth-order valence-electron chi connectivity index (χ4n) is 1.02. The summed E-state index contributed by atoms with van der Waals surface area (Å²) in [4.78, 5) is 11.2. The van der Waals surface area contributed by atoms with Gasteiger partial charge in [-0.3, -0.25) is 9.48 Å². The lowest BCUT2D eigenvalue weighted by molar-refractivity contribution is -0.118. The van der Waals surface area contributed by atoms with E-state index in [1.807, 2.05) is 0 Å². The Morgan fingerprint density at radius 1 is 1.56 bits per heavy atom. The summed E-state index contributed by atoms with van der Waals surface area (Å²) in [7, 11) is -2.34. The predicted octanol–water partition coefficient (Wildman–Crippen LogP) is -0.338. The molecule has 1 aromatic rings. The van der Waals surface area contributed by atoms with E-state index < -0.39 is 10.0 Å². The molecule has 0 saturated heterocycles. The zero-order chi connectivity index (χ0) is 12.5. The maximum Gasteiger partial charge on any atom is 0.243 e. The number of nitrogens with zero attached hydrogens (tertiary/aromatic N) is 2. The van der Waals surface area contributed by atoms with E-state index in [0.717, 1.165) is 0 Å². The molecule has 0 bridgehead atoms. The molecule has 7 nitrogen and oxygen atoms in total. The number of primary sulfonamides is 1. The van der Waals surface area contributed by atoms with E-state index in [9.17, 15) is 13.2 Å². The number of aryl methyl sites for hydroxylation is 1. The van der Waals surface area contributed by atoms with Gasteiger partial charge in [-0.05, 0) is 0 Å². The number of sulfonamides is 1. The molecule has 0 saturated carbocycles. The van der Waals surface area contributed by atoms with E-state index in [1.165, 1.54) is 10.9 Å². The molecule has 1 rings (SSSR count). The SMILES string of the molecule is CC(C)C(=O)Nc1nn(C)cc1S(N)(=O)=O. The smallest absolute Gasteiger partial charge is 0.243 e. The van der Waals surface area contributed by atoms with Gasteiger partial charge in [0.05, 0.1) is 0 Å². The fourth-order valence-corrected chi connectivity index (χ4v) is 1.68. The van der Waals surface area contributed by atoms with Crippen LogP contribution in [-0.4, -0.2) is 24.1 Å². The van der Waals surface area contributed by atoms with Gasteiger partial charge in [-0.1, -0.05) is 13.8 Å². The van der Waals surface area contributed by atoms with Crippen molar-refractivity contribution in [1.82, 2.24) is 9.78 Å². The molecule has 0 atom stereocenters. The Morgan fingerprint density at radius 2 is 2.12 bits per heavy atom. The Hall–Kier alpha value is -1.41. The average molecular weight is 246 g/mol. The highest BCUT2D eigenvalue weighted by Crippen LogP contribution is 2.17. The van der Waals surface area contributed by atoms with Crippen molar-refractivity contribution in [3.05, 3.63) is 6.20 Å². The Labute approximate surface area is 93.7 Å². The number of hydrogen-bond donors (Lipinski definition) is 2. The molecule has 0 aliphatic heterocycles. The highest BCUT2D eigenvalue weighted by Gasteiger charge is 2.20. The minimum Gasteiger partial charge on any atom is -0.308 e. The molecular formula is C8H14N4O3S. The van der Waals surface area contributed by atoms with Crippen molar-refractivity contribution in [2.75, 3.05) is 5.32 Å². The minimum atomic E-state index is -3.88. The van der Waals surface area contributed by atoms with E-state index in [1.54, 1.807) is 20.9 Å². The van der Waals surface area contributed by atoms with Crippen molar-refractivity contribution in [2.45, 2.75) is 18.7 Å². The molecule has 0 spiro atoms. The minimum absolute atomic E-state index is 0.0382. The van der Waals surface area contributed by atoms with Crippen LogP contribution < -0.4 is 10.5 Å². The Kier molecular flexibility index (Phi) is 3.34. The van der Waals surface area contributed by atoms with Crippen molar-refractivity contribution >= 4 is 21.7 Å². The molecule has 0 aliphatic carbocycles. The second-order valence-electron chi connectivity index (χ2n) is 3.70. The maximum atomic E-state index is 11.4. The summed E-state index contributed by atoms with van der Waals surface area (Å²) in [6.45, 7) is 3.38. The summed E-state index contributed by atoms with van der Waals surface area (Å²) >= 11 is 0. The Bertz CT molecular complexity index is 503. The van der Waals surface area contributed by atoms with Crippen LogP contribution in [0, 0.1) is 5.92 Å². The summed E-state index contributed by atoms with van der Waals surface area (Å²) in [5.74, 6) is -0.623. The van der Waals surface area contributed by atoms with Gasteiger partial charge >= 0.3 is 0 Å². The second kappa shape index (κ2) is 4.22. The van der Waals surface area contributed by atoms with Crippen LogP contribution in [0.2, 0.25) is 0 Å². The summed E-state index contributed by atoms with van der Waals surface area (Å²) in [5.41, 5.74) is 0. The van der Waals surface area contributed by atoms with Gasteiger partial charge in [0.25, 0.3) is 0 Å². The highest BCUT2D eigenvalue weighted by atomic mass is 32.2. The molecule has 8 heteroatoms.